The number of rotatable bonds is 1. The van der Waals surface area contributed by atoms with Crippen LogP contribution in [-0.4, -0.2) is 29.7 Å². The highest BCUT2D eigenvalue weighted by Gasteiger charge is 2.14. The fourth-order valence-electron chi connectivity index (χ4n) is 2.46. The van der Waals surface area contributed by atoms with Crippen LogP contribution in [-0.2, 0) is 0 Å². The van der Waals surface area contributed by atoms with Crippen molar-refractivity contribution in [2.45, 2.75) is 6.92 Å². The predicted molar refractivity (Wildman–Crippen MR) is 80.7 cm³/mol. The zero-order chi connectivity index (χ0) is 16.1. The van der Waals surface area contributed by atoms with Crippen molar-refractivity contribution in [2.75, 3.05) is 0 Å². The molecule has 4 aromatic rings. The highest BCUT2D eigenvalue weighted by atomic mass is 19.1. The second-order valence-electron chi connectivity index (χ2n) is 5.11. The molecule has 0 aliphatic rings. The number of benzene rings is 1. The second-order valence-corrected chi connectivity index (χ2v) is 5.11. The van der Waals surface area contributed by atoms with Crippen LogP contribution in [0.15, 0.2) is 35.1 Å². The van der Waals surface area contributed by atoms with Crippen LogP contribution in [0.25, 0.3) is 28.1 Å². The lowest BCUT2D eigenvalue weighted by Gasteiger charge is -2.04. The summed E-state index contributed by atoms with van der Waals surface area (Å²) in [6.45, 7) is 1.76. The van der Waals surface area contributed by atoms with E-state index in [4.69, 9.17) is 0 Å². The van der Waals surface area contributed by atoms with Crippen molar-refractivity contribution in [3.05, 3.63) is 52.2 Å². The molecule has 7 nitrogen and oxygen atoms in total. The first-order valence-electron chi connectivity index (χ1n) is 6.77. The van der Waals surface area contributed by atoms with E-state index >= 15 is 0 Å². The van der Waals surface area contributed by atoms with Crippen molar-refractivity contribution in [2.24, 2.45) is 0 Å². The summed E-state index contributed by atoms with van der Waals surface area (Å²) in [4.78, 5) is 22.8. The lowest BCUT2D eigenvalue weighted by Crippen LogP contribution is -2.06. The van der Waals surface area contributed by atoms with Crippen LogP contribution in [0.2, 0.25) is 0 Å². The molecule has 0 fully saturated rings. The average molecular weight is 311 g/mol. The van der Waals surface area contributed by atoms with E-state index in [1.807, 2.05) is 0 Å². The Labute approximate surface area is 128 Å². The quantitative estimate of drug-likeness (QED) is 0.558. The van der Waals surface area contributed by atoms with Crippen molar-refractivity contribution < 1.29 is 9.50 Å². The molecule has 0 bridgehead atoms. The lowest BCUT2D eigenvalue weighted by molar-refractivity contribution is 0.434. The van der Waals surface area contributed by atoms with E-state index in [1.165, 1.54) is 16.6 Å². The van der Waals surface area contributed by atoms with Crippen molar-refractivity contribution >= 4 is 16.7 Å². The van der Waals surface area contributed by atoms with Crippen LogP contribution in [0.3, 0.4) is 0 Å². The summed E-state index contributed by atoms with van der Waals surface area (Å²) < 4.78 is 14.6. The number of hydrogen-bond acceptors (Lipinski definition) is 5. The molecule has 3 heterocycles. The van der Waals surface area contributed by atoms with Gasteiger partial charge in [-0.3, -0.25) is 4.79 Å². The summed E-state index contributed by atoms with van der Waals surface area (Å²) in [5.74, 6) is -0.689. The van der Waals surface area contributed by atoms with Gasteiger partial charge in [0.25, 0.3) is 5.56 Å². The van der Waals surface area contributed by atoms with Gasteiger partial charge in [-0.1, -0.05) is 0 Å². The van der Waals surface area contributed by atoms with Gasteiger partial charge >= 0.3 is 0 Å². The summed E-state index contributed by atoms with van der Waals surface area (Å²) in [5.41, 5.74) is 2.34. The Morgan fingerprint density at radius 1 is 1.17 bits per heavy atom. The molecule has 23 heavy (non-hydrogen) atoms. The van der Waals surface area contributed by atoms with Gasteiger partial charge in [-0.15, -0.1) is 0 Å². The van der Waals surface area contributed by atoms with E-state index < -0.39 is 11.4 Å². The number of aromatic nitrogens is 5. The molecular weight excluding hydrogens is 301 g/mol. The molecule has 3 aromatic heterocycles. The molecule has 0 aliphatic carbocycles. The first kappa shape index (κ1) is 13.4. The fourth-order valence-corrected chi connectivity index (χ4v) is 2.46. The Hall–Kier alpha value is -3.29. The van der Waals surface area contributed by atoms with Crippen molar-refractivity contribution in [1.29, 1.82) is 0 Å². The summed E-state index contributed by atoms with van der Waals surface area (Å²) in [6.07, 6.45) is 0. The van der Waals surface area contributed by atoms with Gasteiger partial charge in [0.2, 0.25) is 5.88 Å². The monoisotopic (exact) mass is 311 g/mol. The Bertz CT molecular complexity index is 1130. The van der Waals surface area contributed by atoms with E-state index in [9.17, 15) is 14.3 Å². The maximum absolute atomic E-state index is 13.4. The second kappa shape index (κ2) is 4.60. The third-order valence-electron chi connectivity index (χ3n) is 3.48. The molecule has 0 aliphatic heterocycles. The molecule has 1 aromatic carbocycles. The number of aromatic hydroxyl groups is 1. The van der Waals surface area contributed by atoms with Gasteiger partial charge in [0, 0.05) is 12.1 Å². The maximum Gasteiger partial charge on any atom is 0.254 e. The summed E-state index contributed by atoms with van der Waals surface area (Å²) in [6, 6.07) is 6.77. The molecule has 0 atom stereocenters. The van der Waals surface area contributed by atoms with Crippen LogP contribution in [0.1, 0.15) is 5.69 Å². The van der Waals surface area contributed by atoms with Crippen LogP contribution in [0, 0.1) is 12.7 Å². The minimum atomic E-state index is -0.440. The summed E-state index contributed by atoms with van der Waals surface area (Å²) >= 11 is 0. The van der Waals surface area contributed by atoms with Gasteiger partial charge in [-0.2, -0.15) is 9.61 Å². The molecule has 0 saturated carbocycles. The number of nitrogens with one attached hydrogen (secondary N) is 1. The zero-order valence-electron chi connectivity index (χ0n) is 11.9. The van der Waals surface area contributed by atoms with Crippen molar-refractivity contribution in [1.82, 2.24) is 24.6 Å². The molecule has 0 saturated heterocycles. The molecule has 0 unspecified atom stereocenters. The number of fused-ring (bicyclic) bond motifs is 2. The van der Waals surface area contributed by atoms with Crippen LogP contribution < -0.4 is 5.56 Å². The van der Waals surface area contributed by atoms with Gasteiger partial charge in [-0.25, -0.2) is 14.4 Å². The minimum absolute atomic E-state index is 0.285. The fraction of sp³-hybridized carbons (Fsp3) is 0.0667. The van der Waals surface area contributed by atoms with Gasteiger partial charge in [0.1, 0.15) is 22.9 Å². The van der Waals surface area contributed by atoms with Gasteiger partial charge in [0.05, 0.1) is 22.8 Å². The SMILES string of the molecule is Cc1nc2ccc(F)cc2nc1-c1cc2[nH]c(=O)cc(O)n2n1. The highest BCUT2D eigenvalue weighted by Crippen LogP contribution is 2.24. The Balaban J connectivity index is 1.99. The van der Waals surface area contributed by atoms with Gasteiger partial charge in [-0.05, 0) is 19.1 Å². The van der Waals surface area contributed by atoms with Gasteiger partial charge < -0.3 is 10.1 Å². The first-order valence-corrected chi connectivity index (χ1v) is 6.77. The number of aryl methyl sites for hydroxylation is 1. The number of H-pyrrole nitrogens is 1. The topological polar surface area (TPSA) is 96.2 Å². The van der Waals surface area contributed by atoms with E-state index in [0.717, 1.165) is 6.07 Å². The first-order chi connectivity index (χ1) is 11.0. The summed E-state index contributed by atoms with van der Waals surface area (Å²) in [7, 11) is 0. The smallest absolute Gasteiger partial charge is 0.254 e. The van der Waals surface area contributed by atoms with E-state index in [0.29, 0.717) is 33.8 Å². The number of nitrogens with zero attached hydrogens (tertiary/aromatic N) is 4. The van der Waals surface area contributed by atoms with Crippen LogP contribution in [0.5, 0.6) is 5.88 Å². The average Bonchev–Trinajstić information content (AvgIpc) is 2.91. The molecule has 2 N–H and O–H groups in total. The molecule has 4 rings (SSSR count). The molecule has 114 valence electrons. The van der Waals surface area contributed by atoms with E-state index in [-0.39, 0.29) is 5.88 Å². The summed E-state index contributed by atoms with van der Waals surface area (Å²) in [5, 5.41) is 14.0. The number of hydrogen-bond donors (Lipinski definition) is 2. The largest absolute Gasteiger partial charge is 0.493 e. The van der Waals surface area contributed by atoms with Crippen LogP contribution in [0.4, 0.5) is 4.39 Å². The Kier molecular flexibility index (Phi) is 2.68. The van der Waals surface area contributed by atoms with E-state index in [2.05, 4.69) is 20.1 Å². The minimum Gasteiger partial charge on any atom is -0.493 e. The highest BCUT2D eigenvalue weighted by molar-refractivity contribution is 5.78. The molecule has 0 amide bonds. The molecule has 0 radical (unpaired) electrons. The number of halogens is 1. The molecule has 0 spiro atoms. The van der Waals surface area contributed by atoms with E-state index in [1.54, 1.807) is 19.1 Å². The Morgan fingerprint density at radius 2 is 2.00 bits per heavy atom. The molecule has 8 heteroatoms. The molecular formula is C15H10FN5O2. The standard InChI is InChI=1S/C15H10FN5O2/c1-7-15(18-10-4-8(16)2-3-9(10)17-7)11-5-12-19-13(22)6-14(23)21(12)20-11/h2-6,23H,1H3,(H,19,22). The zero-order valence-corrected chi connectivity index (χ0v) is 11.9. The predicted octanol–water partition coefficient (Wildman–Crippen LogP) is 1.79. The van der Waals surface area contributed by atoms with Crippen LogP contribution >= 0.6 is 0 Å². The maximum atomic E-state index is 13.4. The number of aromatic amines is 1. The lowest BCUT2D eigenvalue weighted by atomic mass is 10.2. The van der Waals surface area contributed by atoms with Crippen molar-refractivity contribution in [3.63, 3.8) is 0 Å². The van der Waals surface area contributed by atoms with Crippen molar-refractivity contribution in [3.8, 4) is 17.3 Å². The Morgan fingerprint density at radius 3 is 2.83 bits per heavy atom. The normalized spacial score (nSPS) is 11.4. The third-order valence-corrected chi connectivity index (χ3v) is 3.48. The van der Waals surface area contributed by atoms with Gasteiger partial charge in [0.15, 0.2) is 0 Å². The third kappa shape index (κ3) is 2.11.